The Morgan fingerprint density at radius 1 is 1.23 bits per heavy atom. The van der Waals surface area contributed by atoms with Gasteiger partial charge in [0.1, 0.15) is 0 Å². The molecule has 2 fully saturated rings. The molecule has 13 heavy (non-hydrogen) atoms. The van der Waals surface area contributed by atoms with E-state index in [1.807, 2.05) is 0 Å². The van der Waals surface area contributed by atoms with Crippen molar-refractivity contribution in [1.82, 2.24) is 0 Å². The molecule has 1 unspecified atom stereocenters. The first-order valence-corrected chi connectivity index (χ1v) is 5.57. The lowest BCUT2D eigenvalue weighted by molar-refractivity contribution is 0.0260. The quantitative estimate of drug-likeness (QED) is 0.728. The minimum Gasteiger partial charge on any atom is -0.394 e. The molecule has 0 saturated heterocycles. The summed E-state index contributed by atoms with van der Waals surface area (Å²) in [6.07, 6.45) is 9.98. The third-order valence-corrected chi connectivity index (χ3v) is 3.77. The van der Waals surface area contributed by atoms with Crippen LogP contribution in [0.4, 0.5) is 0 Å². The van der Waals surface area contributed by atoms with Gasteiger partial charge in [0.2, 0.25) is 0 Å². The molecular weight excluding hydrogens is 164 g/mol. The molecule has 76 valence electrons. The van der Waals surface area contributed by atoms with Crippen LogP contribution in [0.1, 0.15) is 44.9 Å². The molecule has 2 aliphatic rings. The number of aliphatic hydroxyl groups is 1. The molecule has 0 aliphatic heterocycles. The lowest BCUT2D eigenvalue weighted by Crippen LogP contribution is -2.16. The minimum atomic E-state index is 0.170. The molecule has 2 heteroatoms. The average molecular weight is 184 g/mol. The van der Waals surface area contributed by atoms with Crippen LogP contribution in [0.5, 0.6) is 0 Å². The summed E-state index contributed by atoms with van der Waals surface area (Å²) < 4.78 is 5.59. The molecule has 1 N–H and O–H groups in total. The van der Waals surface area contributed by atoms with Gasteiger partial charge in [0.15, 0.2) is 0 Å². The first-order chi connectivity index (χ1) is 6.35. The molecule has 0 aromatic carbocycles. The maximum absolute atomic E-state index is 8.66. The Kier molecular flexibility index (Phi) is 2.89. The van der Waals surface area contributed by atoms with Gasteiger partial charge < -0.3 is 9.84 Å². The van der Waals surface area contributed by atoms with Gasteiger partial charge in [0.05, 0.1) is 19.3 Å². The molecule has 0 heterocycles. The predicted molar refractivity (Wildman–Crippen MR) is 51.6 cm³/mol. The first kappa shape index (κ1) is 9.47. The Bertz CT molecular complexity index is 161. The van der Waals surface area contributed by atoms with Crippen molar-refractivity contribution in [2.45, 2.75) is 51.0 Å². The predicted octanol–water partition coefficient (Wildman–Crippen LogP) is 2.11. The van der Waals surface area contributed by atoms with Crippen LogP contribution in [0.2, 0.25) is 0 Å². The molecule has 2 rings (SSSR count). The summed E-state index contributed by atoms with van der Waals surface area (Å²) in [6.45, 7) is 0.699. The Morgan fingerprint density at radius 2 is 2.00 bits per heavy atom. The maximum Gasteiger partial charge on any atom is 0.0701 e. The second-order valence-electron chi connectivity index (χ2n) is 4.67. The molecule has 0 aromatic heterocycles. The summed E-state index contributed by atoms with van der Waals surface area (Å²) in [5.41, 5.74) is 0.653. The third kappa shape index (κ3) is 2.05. The van der Waals surface area contributed by atoms with Gasteiger partial charge in [0.25, 0.3) is 0 Å². The van der Waals surface area contributed by atoms with E-state index in [0.29, 0.717) is 18.1 Å². The van der Waals surface area contributed by atoms with E-state index in [4.69, 9.17) is 9.84 Å². The zero-order valence-electron chi connectivity index (χ0n) is 8.30. The summed E-state index contributed by atoms with van der Waals surface area (Å²) in [4.78, 5) is 0. The fourth-order valence-electron chi connectivity index (χ4n) is 3.10. The SMILES string of the molecule is OCCOC1CCC2(CCCC2)C1. The van der Waals surface area contributed by atoms with E-state index in [1.54, 1.807) is 0 Å². The molecule has 0 aromatic rings. The van der Waals surface area contributed by atoms with Crippen molar-refractivity contribution in [3.63, 3.8) is 0 Å². The van der Waals surface area contributed by atoms with E-state index in [2.05, 4.69) is 0 Å². The zero-order valence-corrected chi connectivity index (χ0v) is 8.30. The van der Waals surface area contributed by atoms with Gasteiger partial charge in [0, 0.05) is 0 Å². The van der Waals surface area contributed by atoms with Gasteiger partial charge in [-0.3, -0.25) is 0 Å². The fraction of sp³-hybridized carbons (Fsp3) is 1.00. The maximum atomic E-state index is 8.66. The van der Waals surface area contributed by atoms with Crippen molar-refractivity contribution in [2.24, 2.45) is 5.41 Å². The van der Waals surface area contributed by atoms with E-state index in [1.165, 1.54) is 44.9 Å². The highest BCUT2D eigenvalue weighted by Gasteiger charge is 2.41. The molecule has 2 saturated carbocycles. The van der Waals surface area contributed by atoms with Gasteiger partial charge in [-0.2, -0.15) is 0 Å². The number of aliphatic hydroxyl groups excluding tert-OH is 1. The summed E-state index contributed by atoms with van der Waals surface area (Å²) >= 11 is 0. The summed E-state index contributed by atoms with van der Waals surface area (Å²) in [5.74, 6) is 0. The van der Waals surface area contributed by atoms with E-state index in [-0.39, 0.29) is 6.61 Å². The smallest absolute Gasteiger partial charge is 0.0701 e. The van der Waals surface area contributed by atoms with Crippen LogP contribution in [-0.4, -0.2) is 24.4 Å². The molecule has 2 aliphatic carbocycles. The van der Waals surface area contributed by atoms with Crippen LogP contribution in [0, 0.1) is 5.41 Å². The van der Waals surface area contributed by atoms with E-state index < -0.39 is 0 Å². The summed E-state index contributed by atoms with van der Waals surface area (Å²) in [6, 6.07) is 0. The van der Waals surface area contributed by atoms with Gasteiger partial charge in [-0.05, 0) is 37.5 Å². The Balaban J connectivity index is 1.79. The minimum absolute atomic E-state index is 0.170. The molecule has 0 bridgehead atoms. The van der Waals surface area contributed by atoms with Crippen LogP contribution < -0.4 is 0 Å². The average Bonchev–Trinajstić information content (AvgIpc) is 2.74. The first-order valence-electron chi connectivity index (χ1n) is 5.57. The van der Waals surface area contributed by atoms with Crippen molar-refractivity contribution in [2.75, 3.05) is 13.2 Å². The summed E-state index contributed by atoms with van der Waals surface area (Å²) in [5, 5.41) is 8.66. The highest BCUT2D eigenvalue weighted by molar-refractivity contribution is 4.92. The Labute approximate surface area is 80.3 Å². The highest BCUT2D eigenvalue weighted by atomic mass is 16.5. The molecule has 0 radical (unpaired) electrons. The topological polar surface area (TPSA) is 29.5 Å². The second kappa shape index (κ2) is 3.97. The second-order valence-corrected chi connectivity index (χ2v) is 4.67. The standard InChI is InChI=1S/C11H20O2/c12-7-8-13-10-3-6-11(9-10)4-1-2-5-11/h10,12H,1-9H2. The Morgan fingerprint density at radius 3 is 2.69 bits per heavy atom. The summed E-state index contributed by atoms with van der Waals surface area (Å²) in [7, 11) is 0. The van der Waals surface area contributed by atoms with Crippen molar-refractivity contribution in [3.8, 4) is 0 Å². The molecular formula is C11H20O2. The van der Waals surface area contributed by atoms with E-state index >= 15 is 0 Å². The van der Waals surface area contributed by atoms with Crippen molar-refractivity contribution in [3.05, 3.63) is 0 Å². The van der Waals surface area contributed by atoms with E-state index in [0.717, 1.165) is 0 Å². The van der Waals surface area contributed by atoms with Gasteiger partial charge >= 0.3 is 0 Å². The van der Waals surface area contributed by atoms with Crippen LogP contribution in [0.3, 0.4) is 0 Å². The van der Waals surface area contributed by atoms with Crippen LogP contribution in [-0.2, 0) is 4.74 Å². The van der Waals surface area contributed by atoms with Gasteiger partial charge in [-0.15, -0.1) is 0 Å². The van der Waals surface area contributed by atoms with Crippen molar-refractivity contribution >= 4 is 0 Å². The fourth-order valence-corrected chi connectivity index (χ4v) is 3.10. The largest absolute Gasteiger partial charge is 0.394 e. The lowest BCUT2D eigenvalue weighted by atomic mass is 9.85. The molecule has 1 atom stereocenters. The normalized spacial score (nSPS) is 31.6. The number of hydrogen-bond donors (Lipinski definition) is 1. The van der Waals surface area contributed by atoms with Crippen LogP contribution >= 0.6 is 0 Å². The zero-order chi connectivity index (χ0) is 9.15. The Hall–Kier alpha value is -0.0800. The monoisotopic (exact) mass is 184 g/mol. The highest BCUT2D eigenvalue weighted by Crippen LogP contribution is 2.51. The number of rotatable bonds is 3. The third-order valence-electron chi connectivity index (χ3n) is 3.77. The van der Waals surface area contributed by atoms with Crippen molar-refractivity contribution in [1.29, 1.82) is 0 Å². The van der Waals surface area contributed by atoms with Crippen molar-refractivity contribution < 1.29 is 9.84 Å². The van der Waals surface area contributed by atoms with Crippen LogP contribution in [0.15, 0.2) is 0 Å². The van der Waals surface area contributed by atoms with Gasteiger partial charge in [-0.1, -0.05) is 12.8 Å². The van der Waals surface area contributed by atoms with E-state index in [9.17, 15) is 0 Å². The number of hydrogen-bond acceptors (Lipinski definition) is 2. The lowest BCUT2D eigenvalue weighted by Gasteiger charge is -2.22. The van der Waals surface area contributed by atoms with Gasteiger partial charge in [-0.25, -0.2) is 0 Å². The molecule has 1 spiro atoms. The van der Waals surface area contributed by atoms with Crippen LogP contribution in [0.25, 0.3) is 0 Å². The number of ether oxygens (including phenoxy) is 1. The molecule has 2 nitrogen and oxygen atoms in total. The molecule has 0 amide bonds.